The van der Waals surface area contributed by atoms with Gasteiger partial charge in [0.25, 0.3) is 11.8 Å². The molecule has 0 saturated carbocycles. The fraction of sp³-hybridized carbons (Fsp3) is 0.250. The summed E-state index contributed by atoms with van der Waals surface area (Å²) in [7, 11) is 0. The molecule has 7 heteroatoms. The van der Waals surface area contributed by atoms with Crippen molar-refractivity contribution in [1.82, 2.24) is 16.2 Å². The van der Waals surface area contributed by atoms with E-state index in [-0.39, 0.29) is 17.6 Å². The van der Waals surface area contributed by atoms with Crippen LogP contribution in [0.4, 0.5) is 0 Å². The zero-order valence-corrected chi connectivity index (χ0v) is 16.4. The number of hydrogen-bond acceptors (Lipinski definition) is 4. The standard InChI is InChI=1S/C20H23N3O3S/c1-13(2)15-8-10-16(11-9-15)26-12-18(24)22-23-20(27)21-19(25)17-7-5-4-6-14(17)3/h4-11,13H,12H2,1-3H3,(H,22,24)(H2,21,23,25,27). The summed E-state index contributed by atoms with van der Waals surface area (Å²) >= 11 is 5.01. The molecule has 0 aliphatic rings. The summed E-state index contributed by atoms with van der Waals surface area (Å²) in [5.41, 5.74) is 7.41. The number of hydrazine groups is 1. The van der Waals surface area contributed by atoms with Crippen LogP contribution in [0.1, 0.15) is 41.3 Å². The lowest BCUT2D eigenvalue weighted by molar-refractivity contribution is -0.123. The number of thiocarbonyl (C=S) groups is 1. The van der Waals surface area contributed by atoms with Gasteiger partial charge in [-0.15, -0.1) is 0 Å². The molecule has 6 nitrogen and oxygen atoms in total. The molecule has 0 aliphatic heterocycles. The van der Waals surface area contributed by atoms with Crippen LogP contribution in [0.2, 0.25) is 0 Å². The van der Waals surface area contributed by atoms with Crippen molar-refractivity contribution < 1.29 is 14.3 Å². The molecule has 142 valence electrons. The van der Waals surface area contributed by atoms with Crippen molar-refractivity contribution in [2.75, 3.05) is 6.61 Å². The predicted molar refractivity (Wildman–Crippen MR) is 109 cm³/mol. The lowest BCUT2D eigenvalue weighted by Gasteiger charge is -2.12. The minimum atomic E-state index is -0.421. The third-order valence-electron chi connectivity index (χ3n) is 3.85. The number of carbonyl (C=O) groups excluding carboxylic acids is 2. The number of carbonyl (C=O) groups is 2. The summed E-state index contributed by atoms with van der Waals surface area (Å²) < 4.78 is 5.42. The topological polar surface area (TPSA) is 79.5 Å². The van der Waals surface area contributed by atoms with Crippen LogP contribution in [-0.2, 0) is 4.79 Å². The average Bonchev–Trinajstić information content (AvgIpc) is 2.65. The zero-order valence-electron chi connectivity index (χ0n) is 15.5. The number of amides is 2. The zero-order chi connectivity index (χ0) is 19.8. The predicted octanol–water partition coefficient (Wildman–Crippen LogP) is 2.83. The van der Waals surface area contributed by atoms with Gasteiger partial charge in [0.1, 0.15) is 5.75 Å². The lowest BCUT2D eigenvalue weighted by Crippen LogP contribution is -2.49. The molecule has 0 radical (unpaired) electrons. The van der Waals surface area contributed by atoms with E-state index in [9.17, 15) is 9.59 Å². The molecule has 0 aliphatic carbocycles. The molecular weight excluding hydrogens is 362 g/mol. The van der Waals surface area contributed by atoms with E-state index in [2.05, 4.69) is 30.0 Å². The summed E-state index contributed by atoms with van der Waals surface area (Å²) in [6.07, 6.45) is 0. The molecule has 0 saturated heterocycles. The minimum Gasteiger partial charge on any atom is -0.484 e. The van der Waals surface area contributed by atoms with Crippen molar-refractivity contribution in [3.8, 4) is 5.75 Å². The Morgan fingerprint density at radius 1 is 1.04 bits per heavy atom. The van der Waals surface area contributed by atoms with E-state index < -0.39 is 5.91 Å². The lowest BCUT2D eigenvalue weighted by atomic mass is 10.0. The Labute approximate surface area is 164 Å². The van der Waals surface area contributed by atoms with Crippen LogP contribution >= 0.6 is 12.2 Å². The highest BCUT2D eigenvalue weighted by Crippen LogP contribution is 2.18. The first-order valence-corrected chi connectivity index (χ1v) is 8.96. The number of nitrogens with one attached hydrogen (secondary N) is 3. The van der Waals surface area contributed by atoms with Gasteiger partial charge in [-0.05, 0) is 54.4 Å². The molecule has 2 amide bonds. The van der Waals surface area contributed by atoms with E-state index in [1.807, 2.05) is 43.3 Å². The van der Waals surface area contributed by atoms with E-state index in [0.717, 1.165) is 5.56 Å². The Morgan fingerprint density at radius 2 is 1.70 bits per heavy atom. The second kappa shape index (κ2) is 9.68. The molecule has 0 atom stereocenters. The monoisotopic (exact) mass is 385 g/mol. The number of benzene rings is 2. The molecular formula is C20H23N3O3S. The van der Waals surface area contributed by atoms with Crippen LogP contribution in [0.3, 0.4) is 0 Å². The molecule has 0 bridgehead atoms. The quantitative estimate of drug-likeness (QED) is 0.545. The van der Waals surface area contributed by atoms with E-state index in [1.54, 1.807) is 12.1 Å². The summed E-state index contributed by atoms with van der Waals surface area (Å²) in [4.78, 5) is 24.0. The van der Waals surface area contributed by atoms with E-state index >= 15 is 0 Å². The van der Waals surface area contributed by atoms with Gasteiger partial charge in [0.05, 0.1) is 0 Å². The third-order valence-corrected chi connectivity index (χ3v) is 4.05. The second-order valence-electron chi connectivity index (χ2n) is 6.28. The van der Waals surface area contributed by atoms with Crippen LogP contribution < -0.4 is 20.9 Å². The molecule has 0 fully saturated rings. The first-order chi connectivity index (χ1) is 12.9. The van der Waals surface area contributed by atoms with Gasteiger partial charge in [0, 0.05) is 5.56 Å². The number of ether oxygens (including phenoxy) is 1. The molecule has 2 aromatic rings. The SMILES string of the molecule is Cc1ccccc1C(=O)NC(=S)NNC(=O)COc1ccc(C(C)C)cc1. The molecule has 2 aromatic carbocycles. The maximum Gasteiger partial charge on any atom is 0.276 e. The molecule has 0 unspecified atom stereocenters. The summed E-state index contributed by atoms with van der Waals surface area (Å²) in [5.74, 6) is 0.268. The highest BCUT2D eigenvalue weighted by molar-refractivity contribution is 7.80. The summed E-state index contributed by atoms with van der Waals surface area (Å²) in [5, 5.41) is 2.51. The van der Waals surface area contributed by atoms with Crippen LogP contribution in [0.5, 0.6) is 5.75 Å². The molecule has 0 spiro atoms. The number of hydrogen-bond donors (Lipinski definition) is 3. The molecule has 3 N–H and O–H groups in total. The Kier molecular flexibility index (Phi) is 7.31. The largest absolute Gasteiger partial charge is 0.484 e. The maximum absolute atomic E-state index is 12.1. The molecule has 27 heavy (non-hydrogen) atoms. The highest BCUT2D eigenvalue weighted by atomic mass is 32.1. The van der Waals surface area contributed by atoms with Gasteiger partial charge in [0.2, 0.25) is 0 Å². The Hall–Kier alpha value is -2.93. The second-order valence-corrected chi connectivity index (χ2v) is 6.69. The summed E-state index contributed by atoms with van der Waals surface area (Å²) in [6, 6.07) is 14.7. The van der Waals surface area contributed by atoms with E-state index in [4.69, 9.17) is 17.0 Å². The normalized spacial score (nSPS) is 10.2. The van der Waals surface area contributed by atoms with Crippen LogP contribution in [0, 0.1) is 6.92 Å². The van der Waals surface area contributed by atoms with Gasteiger partial charge < -0.3 is 4.74 Å². The van der Waals surface area contributed by atoms with Crippen molar-refractivity contribution in [3.63, 3.8) is 0 Å². The molecule has 2 rings (SSSR count). The van der Waals surface area contributed by atoms with Crippen molar-refractivity contribution >= 4 is 29.1 Å². The first-order valence-electron chi connectivity index (χ1n) is 8.55. The van der Waals surface area contributed by atoms with Gasteiger partial charge in [-0.1, -0.05) is 44.2 Å². The number of rotatable bonds is 5. The van der Waals surface area contributed by atoms with Crippen LogP contribution in [0.15, 0.2) is 48.5 Å². The van der Waals surface area contributed by atoms with Crippen LogP contribution in [0.25, 0.3) is 0 Å². The van der Waals surface area contributed by atoms with Gasteiger partial charge >= 0.3 is 0 Å². The number of aryl methyl sites for hydroxylation is 1. The van der Waals surface area contributed by atoms with Crippen molar-refractivity contribution in [3.05, 3.63) is 65.2 Å². The highest BCUT2D eigenvalue weighted by Gasteiger charge is 2.10. The van der Waals surface area contributed by atoms with E-state index in [0.29, 0.717) is 17.2 Å². The van der Waals surface area contributed by atoms with Gasteiger partial charge in [-0.25, -0.2) is 0 Å². The van der Waals surface area contributed by atoms with Gasteiger partial charge in [0.15, 0.2) is 11.7 Å². The minimum absolute atomic E-state index is 0.00195. The van der Waals surface area contributed by atoms with Crippen molar-refractivity contribution in [2.45, 2.75) is 26.7 Å². The molecule has 0 heterocycles. The van der Waals surface area contributed by atoms with E-state index in [1.165, 1.54) is 5.56 Å². The summed E-state index contributed by atoms with van der Waals surface area (Å²) in [6.45, 7) is 5.87. The van der Waals surface area contributed by atoms with Crippen LogP contribution in [-0.4, -0.2) is 23.5 Å². The first kappa shape index (κ1) is 20.4. The Bertz CT molecular complexity index is 819. The van der Waals surface area contributed by atoms with Gasteiger partial charge in [-0.2, -0.15) is 0 Å². The smallest absolute Gasteiger partial charge is 0.276 e. The Morgan fingerprint density at radius 3 is 2.33 bits per heavy atom. The van der Waals surface area contributed by atoms with Gasteiger partial charge in [-0.3, -0.25) is 25.8 Å². The van der Waals surface area contributed by atoms with Crippen molar-refractivity contribution in [2.24, 2.45) is 0 Å². The Balaban J connectivity index is 1.74. The fourth-order valence-corrected chi connectivity index (χ4v) is 2.43. The average molecular weight is 385 g/mol. The fourth-order valence-electron chi connectivity index (χ4n) is 2.29. The molecule has 0 aromatic heterocycles. The third kappa shape index (κ3) is 6.38. The maximum atomic E-state index is 12.1. The van der Waals surface area contributed by atoms with Crippen molar-refractivity contribution in [1.29, 1.82) is 0 Å².